The van der Waals surface area contributed by atoms with Gasteiger partial charge in [-0.3, -0.25) is 0 Å². The molecule has 2 aromatic rings. The van der Waals surface area contributed by atoms with Crippen molar-refractivity contribution >= 4 is 42.6 Å². The van der Waals surface area contributed by atoms with E-state index in [0.29, 0.717) is 0 Å². The lowest BCUT2D eigenvalue weighted by Crippen LogP contribution is -2.00. The van der Waals surface area contributed by atoms with Gasteiger partial charge in [-0.2, -0.15) is 0 Å². The van der Waals surface area contributed by atoms with E-state index in [-0.39, 0.29) is 0 Å². The second kappa shape index (κ2) is 5.93. The number of benzene rings is 2. The Kier molecular flexibility index (Phi) is 4.51. The molecule has 4 heteroatoms. The first kappa shape index (κ1) is 13.7. The normalized spacial score (nSPS) is 10.7. The molecular weight excluding hydrogens is 360 g/mol. The Morgan fingerprint density at radius 1 is 0.833 bits per heavy atom. The summed E-state index contributed by atoms with van der Waals surface area (Å²) >= 11 is 7.07. The Bertz CT molecular complexity index is 517. The number of ether oxygens (including phenoxy) is 2. The van der Waals surface area contributed by atoms with Gasteiger partial charge in [0.2, 0.25) is 0 Å². The third-order valence-electron chi connectivity index (χ3n) is 3.01. The van der Waals surface area contributed by atoms with Crippen molar-refractivity contribution in [2.24, 2.45) is 0 Å². The van der Waals surface area contributed by atoms with Gasteiger partial charge in [-0.1, -0.05) is 56.1 Å². The van der Waals surface area contributed by atoms with E-state index in [1.54, 1.807) is 14.2 Å². The van der Waals surface area contributed by atoms with Crippen LogP contribution in [-0.2, 0) is 10.7 Å². The smallest absolute Gasteiger partial charge is 0.165 e. The van der Waals surface area contributed by atoms with E-state index in [9.17, 15) is 0 Å². The minimum absolute atomic E-state index is 0.732. The van der Waals surface area contributed by atoms with Crippen molar-refractivity contribution in [2.75, 3.05) is 14.2 Å². The maximum atomic E-state index is 5.53. The van der Waals surface area contributed by atoms with E-state index in [2.05, 4.69) is 44.0 Å². The molecule has 0 heterocycles. The fourth-order valence-corrected chi connectivity index (χ4v) is 3.34. The summed E-state index contributed by atoms with van der Waals surface area (Å²) in [5.41, 5.74) is 2.24. The van der Waals surface area contributed by atoms with Crippen LogP contribution < -0.4 is 9.47 Å². The lowest BCUT2D eigenvalue weighted by atomic mass is 9.99. The molecule has 0 saturated heterocycles. The number of alkyl halides is 2. The Labute approximate surface area is 124 Å². The molecule has 0 atom stereocenters. The molecule has 2 rings (SSSR count). The molecule has 2 nitrogen and oxygen atoms in total. The second-order valence-corrected chi connectivity index (χ2v) is 4.96. The fourth-order valence-electron chi connectivity index (χ4n) is 2.23. The highest BCUT2D eigenvalue weighted by molar-refractivity contribution is 9.08. The van der Waals surface area contributed by atoms with Gasteiger partial charge in [0.15, 0.2) is 11.5 Å². The van der Waals surface area contributed by atoms with E-state index < -0.39 is 0 Å². The van der Waals surface area contributed by atoms with E-state index in [0.717, 1.165) is 33.3 Å². The van der Waals surface area contributed by atoms with Crippen LogP contribution in [0.3, 0.4) is 0 Å². The molecule has 0 radical (unpaired) electrons. The van der Waals surface area contributed by atoms with Crippen LogP contribution in [0.15, 0.2) is 24.3 Å². The summed E-state index contributed by atoms with van der Waals surface area (Å²) in [5, 5.41) is 3.86. The van der Waals surface area contributed by atoms with Gasteiger partial charge in [0.25, 0.3) is 0 Å². The van der Waals surface area contributed by atoms with Crippen LogP contribution in [0.5, 0.6) is 11.5 Å². The van der Waals surface area contributed by atoms with Gasteiger partial charge in [-0.25, -0.2) is 0 Å². The van der Waals surface area contributed by atoms with Crippen LogP contribution in [0.2, 0.25) is 0 Å². The van der Waals surface area contributed by atoms with Gasteiger partial charge in [-0.15, -0.1) is 0 Å². The average molecular weight is 374 g/mol. The predicted octanol–water partition coefficient (Wildman–Crippen LogP) is 4.65. The van der Waals surface area contributed by atoms with Crippen molar-refractivity contribution in [3.63, 3.8) is 0 Å². The Morgan fingerprint density at radius 3 is 1.50 bits per heavy atom. The second-order valence-electron chi connectivity index (χ2n) is 3.84. The molecule has 2 aromatic carbocycles. The summed E-state index contributed by atoms with van der Waals surface area (Å²) in [6.07, 6.45) is 0. The number of hydrogen-bond acceptors (Lipinski definition) is 2. The fraction of sp³-hybridized carbons (Fsp3) is 0.286. The minimum atomic E-state index is 0.732. The minimum Gasteiger partial charge on any atom is -0.493 e. The number of rotatable bonds is 4. The van der Waals surface area contributed by atoms with Crippen LogP contribution in [0.25, 0.3) is 10.8 Å². The predicted molar refractivity (Wildman–Crippen MR) is 82.3 cm³/mol. The standard InChI is InChI=1S/C14H14Br2O2/c1-17-13-11(7-15)9-5-3-4-6-10(9)12(8-16)14(13)18-2/h3-6H,7-8H2,1-2H3. The maximum absolute atomic E-state index is 5.53. The van der Waals surface area contributed by atoms with Crippen LogP contribution in [0.4, 0.5) is 0 Å². The van der Waals surface area contributed by atoms with Gasteiger partial charge >= 0.3 is 0 Å². The zero-order chi connectivity index (χ0) is 13.1. The monoisotopic (exact) mass is 372 g/mol. The van der Waals surface area contributed by atoms with Crippen molar-refractivity contribution in [3.8, 4) is 11.5 Å². The van der Waals surface area contributed by atoms with Gasteiger partial charge < -0.3 is 9.47 Å². The number of fused-ring (bicyclic) bond motifs is 1. The molecule has 0 aliphatic carbocycles. The summed E-state index contributed by atoms with van der Waals surface area (Å²) in [6, 6.07) is 8.30. The molecule has 96 valence electrons. The van der Waals surface area contributed by atoms with Crippen LogP contribution in [0.1, 0.15) is 11.1 Å². The van der Waals surface area contributed by atoms with Crippen LogP contribution in [-0.4, -0.2) is 14.2 Å². The van der Waals surface area contributed by atoms with Crippen molar-refractivity contribution < 1.29 is 9.47 Å². The first-order valence-corrected chi connectivity index (χ1v) is 7.79. The third-order valence-corrected chi connectivity index (χ3v) is 4.13. The van der Waals surface area contributed by atoms with Gasteiger partial charge in [0, 0.05) is 21.8 Å². The van der Waals surface area contributed by atoms with Crippen molar-refractivity contribution in [1.82, 2.24) is 0 Å². The largest absolute Gasteiger partial charge is 0.493 e. The molecule has 0 aliphatic heterocycles. The van der Waals surface area contributed by atoms with Crippen LogP contribution >= 0.6 is 31.9 Å². The molecule has 0 unspecified atom stereocenters. The average Bonchev–Trinajstić information content (AvgIpc) is 2.44. The molecule has 0 saturated carbocycles. The first-order chi connectivity index (χ1) is 8.78. The Balaban J connectivity index is 2.94. The van der Waals surface area contributed by atoms with Gasteiger partial charge in [0.05, 0.1) is 14.2 Å². The van der Waals surface area contributed by atoms with Gasteiger partial charge in [0.1, 0.15) is 0 Å². The van der Waals surface area contributed by atoms with Gasteiger partial charge in [-0.05, 0) is 10.8 Å². The molecule has 0 fully saturated rings. The molecular formula is C14H14Br2O2. The number of hydrogen-bond donors (Lipinski definition) is 0. The molecule has 0 amide bonds. The number of halogens is 2. The molecule has 0 N–H and O–H groups in total. The zero-order valence-electron chi connectivity index (χ0n) is 10.3. The summed E-state index contributed by atoms with van der Waals surface area (Å²) in [4.78, 5) is 0. The summed E-state index contributed by atoms with van der Waals surface area (Å²) in [5.74, 6) is 1.62. The summed E-state index contributed by atoms with van der Waals surface area (Å²) in [7, 11) is 3.35. The lowest BCUT2D eigenvalue weighted by molar-refractivity contribution is 0.351. The zero-order valence-corrected chi connectivity index (χ0v) is 13.5. The highest BCUT2D eigenvalue weighted by atomic mass is 79.9. The Morgan fingerprint density at radius 2 is 1.22 bits per heavy atom. The molecule has 0 aliphatic rings. The van der Waals surface area contributed by atoms with Crippen molar-refractivity contribution in [3.05, 3.63) is 35.4 Å². The SMILES string of the molecule is COc1c(OC)c(CBr)c2ccccc2c1CBr. The van der Waals surface area contributed by atoms with E-state index >= 15 is 0 Å². The topological polar surface area (TPSA) is 18.5 Å². The van der Waals surface area contributed by atoms with E-state index in [1.165, 1.54) is 10.8 Å². The lowest BCUT2D eigenvalue weighted by Gasteiger charge is -2.18. The van der Waals surface area contributed by atoms with Crippen molar-refractivity contribution in [2.45, 2.75) is 10.7 Å². The van der Waals surface area contributed by atoms with Crippen LogP contribution in [0, 0.1) is 0 Å². The first-order valence-electron chi connectivity index (χ1n) is 5.54. The molecule has 0 spiro atoms. The van der Waals surface area contributed by atoms with E-state index in [1.807, 2.05) is 12.1 Å². The third kappa shape index (κ3) is 2.12. The summed E-state index contributed by atoms with van der Waals surface area (Å²) < 4.78 is 11.1. The Hall–Kier alpha value is -0.740. The number of methoxy groups -OCH3 is 2. The van der Waals surface area contributed by atoms with Crippen molar-refractivity contribution in [1.29, 1.82) is 0 Å². The quantitative estimate of drug-likeness (QED) is 0.726. The molecule has 18 heavy (non-hydrogen) atoms. The maximum Gasteiger partial charge on any atom is 0.165 e. The highest BCUT2D eigenvalue weighted by Gasteiger charge is 2.19. The highest BCUT2D eigenvalue weighted by Crippen LogP contribution is 2.43. The molecule has 0 bridgehead atoms. The van der Waals surface area contributed by atoms with E-state index in [4.69, 9.17) is 9.47 Å². The molecule has 0 aromatic heterocycles. The summed E-state index contributed by atoms with van der Waals surface area (Å²) in [6.45, 7) is 0.